The van der Waals surface area contributed by atoms with E-state index >= 15 is 0 Å². The van der Waals surface area contributed by atoms with Crippen molar-refractivity contribution in [3.05, 3.63) is 54.6 Å². The highest BCUT2D eigenvalue weighted by Gasteiger charge is 2.20. The predicted molar refractivity (Wildman–Crippen MR) is 92.7 cm³/mol. The third kappa shape index (κ3) is 5.07. The highest BCUT2D eigenvalue weighted by atomic mass is 32.2. The highest BCUT2D eigenvalue weighted by Crippen LogP contribution is 2.25. The van der Waals surface area contributed by atoms with E-state index in [0.29, 0.717) is 17.1 Å². The highest BCUT2D eigenvalue weighted by molar-refractivity contribution is 7.91. The molecule has 0 aliphatic carbocycles. The van der Waals surface area contributed by atoms with Crippen LogP contribution in [0, 0.1) is 0 Å². The van der Waals surface area contributed by atoms with Gasteiger partial charge >= 0.3 is 0 Å². The largest absolute Gasteiger partial charge is 0.457 e. The molecule has 0 unspecified atom stereocenters. The Balaban J connectivity index is 2.08. The van der Waals surface area contributed by atoms with Crippen LogP contribution in [-0.4, -0.2) is 18.9 Å². The first-order chi connectivity index (χ1) is 10.3. The fourth-order valence-electron chi connectivity index (χ4n) is 1.84. The van der Waals surface area contributed by atoms with E-state index in [2.05, 4.69) is 12.6 Å². The smallest absolute Gasteiger partial charge is 0.178 e. The number of benzene rings is 2. The Morgan fingerprint density at radius 1 is 0.955 bits per heavy atom. The van der Waals surface area contributed by atoms with Crippen LogP contribution in [0.1, 0.15) is 20.3 Å². The van der Waals surface area contributed by atoms with Crippen LogP contribution in [0.25, 0.3) is 0 Å². The summed E-state index contributed by atoms with van der Waals surface area (Å²) < 4.78 is 29.9. The van der Waals surface area contributed by atoms with Crippen molar-refractivity contribution < 1.29 is 13.2 Å². The van der Waals surface area contributed by atoms with Gasteiger partial charge in [-0.2, -0.15) is 12.6 Å². The lowest BCUT2D eigenvalue weighted by molar-refractivity contribution is 0.482. The van der Waals surface area contributed by atoms with Gasteiger partial charge in [-0.3, -0.25) is 0 Å². The molecule has 2 aromatic rings. The van der Waals surface area contributed by atoms with Crippen molar-refractivity contribution in [2.24, 2.45) is 0 Å². The standard InChI is InChI=1S/C17H20O3S2/c1-17(2,21)12-13-22(18,19)16-10-8-15(9-11-16)20-14-6-4-3-5-7-14/h3-11,21H,12-13H2,1-2H3. The molecule has 0 heterocycles. The number of hydrogen-bond acceptors (Lipinski definition) is 4. The summed E-state index contributed by atoms with van der Waals surface area (Å²) in [5.41, 5.74) is 0. The second-order valence-electron chi connectivity index (χ2n) is 5.77. The van der Waals surface area contributed by atoms with Gasteiger partial charge in [0.2, 0.25) is 0 Å². The number of rotatable bonds is 6. The minimum Gasteiger partial charge on any atom is -0.457 e. The molecule has 0 amide bonds. The van der Waals surface area contributed by atoms with Gasteiger partial charge in [0, 0.05) is 4.75 Å². The first-order valence-corrected chi connectivity index (χ1v) is 9.14. The Bertz CT molecular complexity index is 700. The van der Waals surface area contributed by atoms with Crippen LogP contribution in [-0.2, 0) is 9.84 Å². The van der Waals surface area contributed by atoms with Crippen molar-refractivity contribution in [2.45, 2.75) is 29.9 Å². The fraction of sp³-hybridized carbons (Fsp3) is 0.294. The Kier molecular flexibility index (Phi) is 5.19. The Labute approximate surface area is 137 Å². The maximum atomic E-state index is 12.3. The molecule has 0 aliphatic heterocycles. The van der Waals surface area contributed by atoms with Crippen LogP contribution in [0.15, 0.2) is 59.5 Å². The summed E-state index contributed by atoms with van der Waals surface area (Å²) in [4.78, 5) is 0.311. The molecule has 2 rings (SSSR count). The third-order valence-electron chi connectivity index (χ3n) is 3.14. The zero-order valence-corrected chi connectivity index (χ0v) is 14.4. The van der Waals surface area contributed by atoms with Crippen LogP contribution in [0.5, 0.6) is 11.5 Å². The number of thiol groups is 1. The van der Waals surface area contributed by atoms with E-state index in [-0.39, 0.29) is 10.5 Å². The number of para-hydroxylation sites is 1. The van der Waals surface area contributed by atoms with Gasteiger partial charge in [-0.1, -0.05) is 32.0 Å². The van der Waals surface area contributed by atoms with Crippen LogP contribution < -0.4 is 4.74 Å². The van der Waals surface area contributed by atoms with E-state index in [1.807, 2.05) is 44.2 Å². The first kappa shape index (κ1) is 16.9. The molecular weight excluding hydrogens is 316 g/mol. The van der Waals surface area contributed by atoms with Gasteiger partial charge in [0.05, 0.1) is 10.6 Å². The van der Waals surface area contributed by atoms with Gasteiger partial charge in [0.25, 0.3) is 0 Å². The molecule has 5 heteroatoms. The van der Waals surface area contributed by atoms with Crippen LogP contribution in [0.3, 0.4) is 0 Å². The molecular formula is C17H20O3S2. The summed E-state index contributed by atoms with van der Waals surface area (Å²) in [5.74, 6) is 1.41. The van der Waals surface area contributed by atoms with Gasteiger partial charge < -0.3 is 4.74 Å². The average Bonchev–Trinajstić information content (AvgIpc) is 2.46. The summed E-state index contributed by atoms with van der Waals surface area (Å²) in [6.45, 7) is 3.81. The average molecular weight is 336 g/mol. The summed E-state index contributed by atoms with van der Waals surface area (Å²) in [6.07, 6.45) is 0.501. The minimum atomic E-state index is -3.29. The zero-order chi connectivity index (χ0) is 16.2. The van der Waals surface area contributed by atoms with Crippen molar-refractivity contribution >= 4 is 22.5 Å². The van der Waals surface area contributed by atoms with Gasteiger partial charge in [-0.25, -0.2) is 8.42 Å². The first-order valence-electron chi connectivity index (χ1n) is 7.04. The molecule has 22 heavy (non-hydrogen) atoms. The SMILES string of the molecule is CC(C)(S)CCS(=O)(=O)c1ccc(Oc2ccccc2)cc1. The molecule has 0 saturated carbocycles. The maximum absolute atomic E-state index is 12.3. The van der Waals surface area contributed by atoms with Gasteiger partial charge in [0.15, 0.2) is 9.84 Å². The van der Waals surface area contributed by atoms with E-state index in [1.54, 1.807) is 24.3 Å². The Hall–Kier alpha value is -1.46. The normalized spacial score (nSPS) is 12.1. The van der Waals surface area contributed by atoms with Crippen LogP contribution >= 0.6 is 12.6 Å². The summed E-state index contributed by atoms with van der Waals surface area (Å²) in [6, 6.07) is 15.9. The number of sulfone groups is 1. The molecule has 0 fully saturated rings. The van der Waals surface area contributed by atoms with E-state index in [0.717, 1.165) is 5.75 Å². The lowest BCUT2D eigenvalue weighted by Crippen LogP contribution is -2.17. The molecule has 3 nitrogen and oxygen atoms in total. The second-order valence-corrected chi connectivity index (χ2v) is 9.09. The summed E-state index contributed by atoms with van der Waals surface area (Å²) in [5, 5.41) is 0. The van der Waals surface area contributed by atoms with E-state index in [4.69, 9.17) is 4.74 Å². The topological polar surface area (TPSA) is 43.4 Å². The zero-order valence-electron chi connectivity index (χ0n) is 12.7. The van der Waals surface area contributed by atoms with Gasteiger partial charge in [-0.05, 0) is 42.8 Å². The maximum Gasteiger partial charge on any atom is 0.178 e. The predicted octanol–water partition coefficient (Wildman–Crippen LogP) is 4.35. The molecule has 0 spiro atoms. The number of hydrogen-bond donors (Lipinski definition) is 1. The third-order valence-corrected chi connectivity index (χ3v) is 5.10. The van der Waals surface area contributed by atoms with Crippen molar-refractivity contribution in [1.29, 1.82) is 0 Å². The monoisotopic (exact) mass is 336 g/mol. The minimum absolute atomic E-state index is 0.0857. The molecule has 0 aromatic heterocycles. The van der Waals surface area contributed by atoms with Crippen LogP contribution in [0.4, 0.5) is 0 Å². The summed E-state index contributed by atoms with van der Waals surface area (Å²) in [7, 11) is -3.29. The van der Waals surface area contributed by atoms with E-state index < -0.39 is 9.84 Å². The molecule has 0 bridgehead atoms. The molecule has 118 valence electrons. The van der Waals surface area contributed by atoms with Crippen molar-refractivity contribution in [3.63, 3.8) is 0 Å². The molecule has 0 atom stereocenters. The summed E-state index contributed by atoms with van der Waals surface area (Å²) >= 11 is 4.37. The van der Waals surface area contributed by atoms with Crippen LogP contribution in [0.2, 0.25) is 0 Å². The van der Waals surface area contributed by atoms with E-state index in [9.17, 15) is 8.42 Å². The van der Waals surface area contributed by atoms with Crippen molar-refractivity contribution in [1.82, 2.24) is 0 Å². The molecule has 0 aliphatic rings. The Morgan fingerprint density at radius 2 is 1.50 bits per heavy atom. The molecule has 0 radical (unpaired) electrons. The quantitative estimate of drug-likeness (QED) is 0.798. The Morgan fingerprint density at radius 3 is 2.05 bits per heavy atom. The molecule has 0 N–H and O–H groups in total. The van der Waals surface area contributed by atoms with Gasteiger partial charge in [0.1, 0.15) is 11.5 Å². The molecule has 2 aromatic carbocycles. The lowest BCUT2D eigenvalue weighted by atomic mass is 10.1. The van der Waals surface area contributed by atoms with Crippen molar-refractivity contribution in [3.8, 4) is 11.5 Å². The van der Waals surface area contributed by atoms with E-state index in [1.165, 1.54) is 0 Å². The van der Waals surface area contributed by atoms with Gasteiger partial charge in [-0.15, -0.1) is 0 Å². The van der Waals surface area contributed by atoms with Crippen molar-refractivity contribution in [2.75, 3.05) is 5.75 Å². The fourth-order valence-corrected chi connectivity index (χ4v) is 3.67. The molecule has 0 saturated heterocycles. The second kappa shape index (κ2) is 6.75. The number of ether oxygens (including phenoxy) is 1. The lowest BCUT2D eigenvalue weighted by Gasteiger charge is -2.16.